The second-order valence-corrected chi connectivity index (χ2v) is 18.5. The second-order valence-electron chi connectivity index (χ2n) is 16.8. The molecule has 0 saturated carbocycles. The number of ketones is 1. The van der Waals surface area contributed by atoms with Crippen LogP contribution in [0.3, 0.4) is 0 Å². The molecular formula is C46H61N7O10S. The highest BCUT2D eigenvalue weighted by Crippen LogP contribution is 2.30. The summed E-state index contributed by atoms with van der Waals surface area (Å²) in [6.07, 6.45) is 0.130. The third-order valence-corrected chi connectivity index (χ3v) is 12.6. The number of hydrogen-bond donors (Lipinski definition) is 6. The molecule has 4 aromatic rings. The molecular weight excluding hydrogens is 843 g/mol. The van der Waals surface area contributed by atoms with Crippen LogP contribution < -0.4 is 37.3 Å². The van der Waals surface area contributed by atoms with Crippen molar-refractivity contribution < 1.29 is 46.7 Å². The first-order valence-corrected chi connectivity index (χ1v) is 22.5. The van der Waals surface area contributed by atoms with E-state index in [-0.39, 0.29) is 48.9 Å². The van der Waals surface area contributed by atoms with Crippen LogP contribution in [-0.4, -0.2) is 79.2 Å². The van der Waals surface area contributed by atoms with Crippen LogP contribution in [0.2, 0.25) is 0 Å². The molecule has 0 aliphatic carbocycles. The number of carbonyl (C=O) groups excluding carboxylic acids is 6. The monoisotopic (exact) mass is 903 g/mol. The van der Waals surface area contributed by atoms with E-state index >= 15 is 0 Å². The van der Waals surface area contributed by atoms with Crippen LogP contribution in [0.4, 0.5) is 4.79 Å². The molecule has 1 aromatic heterocycles. The zero-order valence-corrected chi connectivity index (χ0v) is 38.7. The van der Waals surface area contributed by atoms with Gasteiger partial charge < -0.3 is 35.5 Å². The fraction of sp³-hybridized carbons (Fsp3) is 0.435. The van der Waals surface area contributed by atoms with Gasteiger partial charge >= 0.3 is 6.09 Å². The largest absolute Gasteiger partial charge is 0.497 e. The molecule has 7 N–H and O–H groups in total. The number of fused-ring (bicyclic) bond motifs is 1. The minimum atomic E-state index is -4.20. The molecule has 1 heterocycles. The number of nitrogens with one attached hydrogen (secondary N) is 5. The molecule has 18 heteroatoms. The van der Waals surface area contributed by atoms with Crippen molar-refractivity contribution in [1.29, 1.82) is 0 Å². The number of aromatic nitrogens is 1. The lowest BCUT2D eigenvalue weighted by molar-refractivity contribution is -0.134. The Bertz CT molecular complexity index is 2420. The molecule has 0 saturated heterocycles. The Morgan fingerprint density at radius 3 is 1.94 bits per heavy atom. The van der Waals surface area contributed by atoms with E-state index in [0.717, 1.165) is 9.54 Å². The molecule has 0 unspecified atom stereocenters. The Hall–Kier alpha value is -6.27. The van der Waals surface area contributed by atoms with Gasteiger partial charge in [0.1, 0.15) is 42.3 Å². The molecule has 0 radical (unpaired) electrons. The summed E-state index contributed by atoms with van der Waals surface area (Å²) >= 11 is 0. The highest BCUT2D eigenvalue weighted by atomic mass is 32.2. The number of methoxy groups -OCH3 is 1. The first-order chi connectivity index (χ1) is 30.2. The molecule has 0 spiro atoms. The number of alkyl carbamates (subject to hydrolysis) is 1. The van der Waals surface area contributed by atoms with E-state index in [9.17, 15) is 37.2 Å². The summed E-state index contributed by atoms with van der Waals surface area (Å²) < 4.78 is 40.5. The normalized spacial score (nSPS) is 13.4. The quantitative estimate of drug-likeness (QED) is 0.0394. The molecule has 0 aliphatic heterocycles. The van der Waals surface area contributed by atoms with Crippen molar-refractivity contribution >= 4 is 56.4 Å². The number of rotatable bonds is 21. The van der Waals surface area contributed by atoms with Crippen molar-refractivity contribution in [3.63, 3.8) is 0 Å². The summed E-state index contributed by atoms with van der Waals surface area (Å²) in [5.74, 6) is 2.17. The number of nitrogens with two attached hydrogens (primary N) is 1. The van der Waals surface area contributed by atoms with Crippen molar-refractivity contribution in [2.75, 3.05) is 7.11 Å². The van der Waals surface area contributed by atoms with Crippen molar-refractivity contribution in [2.45, 2.75) is 117 Å². The standard InChI is InChI=1S/C46H61N7O10S/c1-26(2)20-37(44(57)52-47)49-43(56)38(23-33-24-53(39-13-11-10-12-35(33)39)64(60,61)41-29(6)21-28(5)22-30(41)7)50-42(55)36(19-14-31(8)54)48-45(58)40(27(3)4)51-46(59)63-25-32-15-17-34(62-9)18-16-32/h10-13,15-18,21-22,24,26-27,36-38,40H,14,19-20,23,25,47H2,1-9H3,(H,48,58)(H,49,56)(H,50,55)(H,51,59)(H,52,57)/t36-,37-,38-,40-/m0/s1. The van der Waals surface area contributed by atoms with Crippen LogP contribution in [0, 0.1) is 32.6 Å². The van der Waals surface area contributed by atoms with Crippen molar-refractivity contribution in [1.82, 2.24) is 30.7 Å². The van der Waals surface area contributed by atoms with E-state index < -0.39 is 69.8 Å². The second kappa shape index (κ2) is 22.4. The molecule has 64 heavy (non-hydrogen) atoms. The zero-order chi connectivity index (χ0) is 47.5. The molecule has 4 rings (SSSR count). The predicted octanol–water partition coefficient (Wildman–Crippen LogP) is 4.17. The maximum absolute atomic E-state index is 14.4. The van der Waals surface area contributed by atoms with E-state index in [2.05, 4.69) is 26.7 Å². The van der Waals surface area contributed by atoms with Crippen LogP contribution in [0.1, 0.15) is 81.7 Å². The summed E-state index contributed by atoms with van der Waals surface area (Å²) in [6, 6.07) is 12.0. The average molecular weight is 904 g/mol. The lowest BCUT2D eigenvalue weighted by Gasteiger charge is -2.27. The molecule has 0 fully saturated rings. The van der Waals surface area contributed by atoms with E-state index in [1.54, 1.807) is 88.4 Å². The topological polar surface area (TPSA) is 246 Å². The van der Waals surface area contributed by atoms with Gasteiger partial charge in [-0.3, -0.25) is 24.6 Å². The number of hydrogen-bond acceptors (Lipinski definition) is 11. The Balaban J connectivity index is 1.69. The highest BCUT2D eigenvalue weighted by molar-refractivity contribution is 7.90. The van der Waals surface area contributed by atoms with Gasteiger partial charge in [-0.15, -0.1) is 0 Å². The minimum Gasteiger partial charge on any atom is -0.497 e. The SMILES string of the molecule is COc1ccc(COC(=O)N[C@H](C(=O)N[C@@H](CCC(C)=O)C(=O)N[C@@H](Cc2cn(S(=O)(=O)c3c(C)cc(C)cc3C)c3ccccc23)C(=O)N[C@@H](CC(C)C)C(=O)NN)C(C)C)cc1. The minimum absolute atomic E-state index is 0.0686. The molecule has 5 amide bonds. The summed E-state index contributed by atoms with van der Waals surface area (Å²) in [5, 5.41) is 11.1. The number of nitrogens with zero attached hydrogens (tertiary/aromatic N) is 1. The Morgan fingerprint density at radius 1 is 0.766 bits per heavy atom. The highest BCUT2D eigenvalue weighted by Gasteiger charge is 2.34. The zero-order valence-electron chi connectivity index (χ0n) is 37.9. The predicted molar refractivity (Wildman–Crippen MR) is 241 cm³/mol. The summed E-state index contributed by atoms with van der Waals surface area (Å²) in [6.45, 7) is 13.6. The van der Waals surface area contributed by atoms with Crippen LogP contribution >= 0.6 is 0 Å². The van der Waals surface area contributed by atoms with Crippen LogP contribution in [0.15, 0.2) is 71.8 Å². The van der Waals surface area contributed by atoms with Crippen molar-refractivity contribution in [3.05, 3.63) is 94.7 Å². The van der Waals surface area contributed by atoms with E-state index in [1.165, 1.54) is 20.2 Å². The average Bonchev–Trinajstić information content (AvgIpc) is 3.60. The number of carbonyl (C=O) groups is 6. The number of aryl methyl sites for hydroxylation is 3. The first-order valence-electron chi connectivity index (χ1n) is 21.1. The Labute approximate surface area is 374 Å². The Morgan fingerprint density at radius 2 is 1.36 bits per heavy atom. The van der Waals surface area contributed by atoms with Gasteiger partial charge in [0.2, 0.25) is 17.7 Å². The van der Waals surface area contributed by atoms with Gasteiger partial charge in [-0.25, -0.2) is 23.0 Å². The van der Waals surface area contributed by atoms with Gasteiger partial charge in [0.15, 0.2) is 0 Å². The lowest BCUT2D eigenvalue weighted by Crippen LogP contribution is -2.59. The van der Waals surface area contributed by atoms with Gasteiger partial charge in [0.25, 0.3) is 15.9 Å². The van der Waals surface area contributed by atoms with Gasteiger partial charge in [0.05, 0.1) is 17.5 Å². The van der Waals surface area contributed by atoms with Gasteiger partial charge in [0, 0.05) is 24.4 Å². The molecule has 4 atom stereocenters. The smallest absolute Gasteiger partial charge is 0.408 e. The fourth-order valence-electron chi connectivity index (χ4n) is 7.48. The number of para-hydroxylation sites is 1. The number of Topliss-reactive ketones (excluding diaryl/α,β-unsaturated/α-hetero) is 1. The summed E-state index contributed by atoms with van der Waals surface area (Å²) in [7, 11) is -2.67. The van der Waals surface area contributed by atoms with Crippen molar-refractivity contribution in [2.24, 2.45) is 17.7 Å². The maximum atomic E-state index is 14.4. The molecule has 0 aliphatic rings. The maximum Gasteiger partial charge on any atom is 0.408 e. The third-order valence-electron chi connectivity index (χ3n) is 10.6. The lowest BCUT2D eigenvalue weighted by atomic mass is 10.00. The molecule has 346 valence electrons. The first kappa shape index (κ1) is 50.4. The number of benzene rings is 3. The van der Waals surface area contributed by atoms with Crippen molar-refractivity contribution in [3.8, 4) is 5.75 Å². The van der Waals surface area contributed by atoms with E-state index in [0.29, 0.717) is 38.9 Å². The molecule has 3 aromatic carbocycles. The summed E-state index contributed by atoms with van der Waals surface area (Å²) in [4.78, 5) is 80.7. The van der Waals surface area contributed by atoms with Gasteiger partial charge in [-0.05, 0) is 92.8 Å². The molecule has 0 bridgehead atoms. The van der Waals surface area contributed by atoms with E-state index in [4.69, 9.17) is 15.3 Å². The number of hydrazine groups is 1. The third kappa shape index (κ3) is 13.1. The molecule has 17 nitrogen and oxygen atoms in total. The van der Waals surface area contributed by atoms with Crippen LogP contribution in [-0.2, 0) is 51.8 Å². The van der Waals surface area contributed by atoms with Crippen LogP contribution in [0.5, 0.6) is 5.75 Å². The summed E-state index contributed by atoms with van der Waals surface area (Å²) in [5.41, 5.74) is 5.42. The Kier molecular flexibility index (Phi) is 17.6. The number of ether oxygens (including phenoxy) is 2. The van der Waals surface area contributed by atoms with Gasteiger partial charge in [-0.1, -0.05) is 75.7 Å². The van der Waals surface area contributed by atoms with Gasteiger partial charge in [-0.2, -0.15) is 0 Å². The van der Waals surface area contributed by atoms with E-state index in [1.807, 2.05) is 20.8 Å². The fourth-order valence-corrected chi connectivity index (χ4v) is 9.29. The number of amides is 5. The van der Waals surface area contributed by atoms with Crippen LogP contribution in [0.25, 0.3) is 10.9 Å².